The molecule has 2 N–H and O–H groups in total. The Labute approximate surface area is 107 Å². The predicted molar refractivity (Wildman–Crippen MR) is 71.5 cm³/mol. The molecule has 2 nitrogen and oxygen atoms in total. The quantitative estimate of drug-likeness (QED) is 0.809. The molecule has 0 bridgehead atoms. The van der Waals surface area contributed by atoms with E-state index in [0.717, 1.165) is 5.56 Å². The van der Waals surface area contributed by atoms with E-state index in [-0.39, 0.29) is 5.82 Å². The lowest BCUT2D eigenvalue weighted by atomic mass is 10.1. The molecule has 1 saturated carbocycles. The highest BCUT2D eigenvalue weighted by Crippen LogP contribution is 2.18. The van der Waals surface area contributed by atoms with Gasteiger partial charge in [-0.3, -0.25) is 0 Å². The summed E-state index contributed by atoms with van der Waals surface area (Å²) < 4.78 is 13.4. The first-order valence-corrected chi connectivity index (χ1v) is 6.27. The van der Waals surface area contributed by atoms with Crippen molar-refractivity contribution in [3.05, 3.63) is 34.6 Å². The minimum Gasteiger partial charge on any atom is -0.360 e. The minimum absolute atomic E-state index is 0.118. The second-order valence-electron chi connectivity index (χ2n) is 4.64. The number of hydrogen-bond donors (Lipinski definition) is 2. The SMILES string of the molecule is Cc1cc(CNC(=S)NC2CC2)cc(C)c1F. The van der Waals surface area contributed by atoms with Crippen LogP contribution in [0.25, 0.3) is 0 Å². The third-order valence-corrected chi connectivity index (χ3v) is 3.12. The van der Waals surface area contributed by atoms with Crippen LogP contribution >= 0.6 is 12.2 Å². The van der Waals surface area contributed by atoms with Gasteiger partial charge in [0.15, 0.2) is 5.11 Å². The van der Waals surface area contributed by atoms with Crippen molar-refractivity contribution in [1.82, 2.24) is 10.6 Å². The molecule has 0 amide bonds. The highest BCUT2D eigenvalue weighted by molar-refractivity contribution is 7.80. The van der Waals surface area contributed by atoms with E-state index in [1.54, 1.807) is 13.8 Å². The molecule has 0 radical (unpaired) electrons. The number of hydrogen-bond acceptors (Lipinski definition) is 1. The van der Waals surface area contributed by atoms with Gasteiger partial charge in [-0.1, -0.05) is 12.1 Å². The molecular weight excluding hydrogens is 235 g/mol. The molecule has 0 aromatic heterocycles. The van der Waals surface area contributed by atoms with Crippen LogP contribution in [0.15, 0.2) is 12.1 Å². The Balaban J connectivity index is 1.91. The van der Waals surface area contributed by atoms with Crippen LogP contribution in [-0.4, -0.2) is 11.2 Å². The van der Waals surface area contributed by atoms with Crippen molar-refractivity contribution in [3.8, 4) is 0 Å². The van der Waals surface area contributed by atoms with E-state index in [9.17, 15) is 4.39 Å². The van der Waals surface area contributed by atoms with Crippen LogP contribution in [0.1, 0.15) is 29.5 Å². The van der Waals surface area contributed by atoms with Crippen molar-refractivity contribution >= 4 is 17.3 Å². The fourth-order valence-corrected chi connectivity index (χ4v) is 2.02. The Morgan fingerprint density at radius 3 is 2.47 bits per heavy atom. The molecule has 0 atom stereocenters. The minimum atomic E-state index is -0.118. The first kappa shape index (κ1) is 12.3. The van der Waals surface area contributed by atoms with E-state index in [1.165, 1.54) is 12.8 Å². The fraction of sp³-hybridized carbons (Fsp3) is 0.462. The van der Waals surface area contributed by atoms with E-state index in [2.05, 4.69) is 10.6 Å². The van der Waals surface area contributed by atoms with E-state index >= 15 is 0 Å². The Bertz CT molecular complexity index is 418. The maximum atomic E-state index is 13.4. The predicted octanol–water partition coefficient (Wildman–Crippen LogP) is 2.57. The first-order valence-electron chi connectivity index (χ1n) is 5.86. The lowest BCUT2D eigenvalue weighted by Gasteiger charge is -2.11. The van der Waals surface area contributed by atoms with Gasteiger partial charge in [-0.05, 0) is 55.6 Å². The summed E-state index contributed by atoms with van der Waals surface area (Å²) in [5, 5.41) is 7.04. The van der Waals surface area contributed by atoms with Gasteiger partial charge >= 0.3 is 0 Å². The zero-order chi connectivity index (χ0) is 12.4. The highest BCUT2D eigenvalue weighted by atomic mass is 32.1. The van der Waals surface area contributed by atoms with Crippen LogP contribution in [0.5, 0.6) is 0 Å². The summed E-state index contributed by atoms with van der Waals surface area (Å²) in [4.78, 5) is 0. The van der Waals surface area contributed by atoms with Crippen LogP contribution in [0.3, 0.4) is 0 Å². The highest BCUT2D eigenvalue weighted by Gasteiger charge is 2.21. The van der Waals surface area contributed by atoms with E-state index in [0.29, 0.717) is 28.8 Å². The van der Waals surface area contributed by atoms with Gasteiger partial charge in [-0.15, -0.1) is 0 Å². The third-order valence-electron chi connectivity index (χ3n) is 2.86. The van der Waals surface area contributed by atoms with Crippen LogP contribution < -0.4 is 10.6 Å². The summed E-state index contributed by atoms with van der Waals surface area (Å²) in [7, 11) is 0. The van der Waals surface area contributed by atoms with Crippen molar-refractivity contribution in [2.24, 2.45) is 0 Å². The lowest BCUT2D eigenvalue weighted by molar-refractivity contribution is 0.608. The summed E-state index contributed by atoms with van der Waals surface area (Å²) >= 11 is 5.16. The van der Waals surface area contributed by atoms with Crippen molar-refractivity contribution < 1.29 is 4.39 Å². The number of benzene rings is 1. The Morgan fingerprint density at radius 1 is 1.35 bits per heavy atom. The normalized spacial score (nSPS) is 14.5. The second-order valence-corrected chi connectivity index (χ2v) is 5.05. The van der Waals surface area contributed by atoms with Crippen molar-refractivity contribution in [2.75, 3.05) is 0 Å². The number of thiocarbonyl (C=S) groups is 1. The standard InChI is InChI=1S/C13H17FN2S/c1-8-5-10(6-9(2)12(8)14)7-15-13(17)16-11-3-4-11/h5-6,11H,3-4,7H2,1-2H3,(H2,15,16,17). The van der Waals surface area contributed by atoms with Crippen LogP contribution in [0.2, 0.25) is 0 Å². The van der Waals surface area contributed by atoms with Crippen LogP contribution in [0, 0.1) is 19.7 Å². The smallest absolute Gasteiger partial charge is 0.166 e. The molecule has 1 aromatic carbocycles. The molecule has 0 spiro atoms. The number of halogens is 1. The Morgan fingerprint density at radius 2 is 1.94 bits per heavy atom. The van der Waals surface area contributed by atoms with Gasteiger partial charge in [0.25, 0.3) is 0 Å². The monoisotopic (exact) mass is 252 g/mol. The zero-order valence-electron chi connectivity index (χ0n) is 10.1. The Kier molecular flexibility index (Phi) is 3.62. The van der Waals surface area contributed by atoms with E-state index in [1.807, 2.05) is 12.1 Å². The summed E-state index contributed by atoms with van der Waals surface area (Å²) in [6.07, 6.45) is 2.41. The molecule has 0 heterocycles. The largest absolute Gasteiger partial charge is 0.360 e. The average molecular weight is 252 g/mol. The molecule has 17 heavy (non-hydrogen) atoms. The molecule has 1 aliphatic carbocycles. The molecule has 1 fully saturated rings. The topological polar surface area (TPSA) is 24.1 Å². The molecule has 1 aromatic rings. The number of nitrogens with one attached hydrogen (secondary N) is 2. The van der Waals surface area contributed by atoms with Crippen LogP contribution in [0.4, 0.5) is 4.39 Å². The molecule has 4 heteroatoms. The van der Waals surface area contributed by atoms with Crippen molar-refractivity contribution in [1.29, 1.82) is 0 Å². The number of rotatable bonds is 3. The van der Waals surface area contributed by atoms with E-state index < -0.39 is 0 Å². The van der Waals surface area contributed by atoms with Gasteiger partial charge in [-0.25, -0.2) is 4.39 Å². The second kappa shape index (κ2) is 5.00. The fourth-order valence-electron chi connectivity index (χ4n) is 1.78. The first-order chi connectivity index (χ1) is 8.06. The van der Waals surface area contributed by atoms with Gasteiger partial charge < -0.3 is 10.6 Å². The maximum Gasteiger partial charge on any atom is 0.166 e. The maximum absolute atomic E-state index is 13.4. The zero-order valence-corrected chi connectivity index (χ0v) is 11.0. The van der Waals surface area contributed by atoms with Gasteiger partial charge in [0.1, 0.15) is 5.82 Å². The summed E-state index contributed by atoms with van der Waals surface area (Å²) in [6, 6.07) is 4.27. The van der Waals surface area contributed by atoms with Crippen LogP contribution in [-0.2, 0) is 6.54 Å². The molecule has 2 rings (SSSR count). The summed E-state index contributed by atoms with van der Waals surface area (Å²) in [6.45, 7) is 4.21. The average Bonchev–Trinajstić information content (AvgIpc) is 3.06. The molecule has 92 valence electrons. The molecule has 0 unspecified atom stereocenters. The van der Waals surface area contributed by atoms with Gasteiger partial charge in [0, 0.05) is 12.6 Å². The molecule has 0 saturated heterocycles. The van der Waals surface area contributed by atoms with Gasteiger partial charge in [0.2, 0.25) is 0 Å². The molecule has 0 aliphatic heterocycles. The van der Waals surface area contributed by atoms with Crippen molar-refractivity contribution in [2.45, 2.75) is 39.3 Å². The summed E-state index contributed by atoms with van der Waals surface area (Å²) in [5.41, 5.74) is 2.42. The van der Waals surface area contributed by atoms with E-state index in [4.69, 9.17) is 12.2 Å². The summed E-state index contributed by atoms with van der Waals surface area (Å²) in [5.74, 6) is -0.118. The molecular formula is C13H17FN2S. The Hall–Kier alpha value is -1.16. The van der Waals surface area contributed by atoms with Gasteiger partial charge in [0.05, 0.1) is 0 Å². The van der Waals surface area contributed by atoms with Crippen molar-refractivity contribution in [3.63, 3.8) is 0 Å². The molecule has 1 aliphatic rings. The lowest BCUT2D eigenvalue weighted by Crippen LogP contribution is -2.36. The number of aryl methyl sites for hydroxylation is 2. The third kappa shape index (κ3) is 3.40. The van der Waals surface area contributed by atoms with Gasteiger partial charge in [-0.2, -0.15) is 0 Å².